The van der Waals surface area contributed by atoms with Crippen LogP contribution >= 0.6 is 0 Å². The molecule has 1 rings (SSSR count). The first-order valence-electron chi connectivity index (χ1n) is 4.51. The second-order valence-electron chi connectivity index (χ2n) is 3.32. The average Bonchev–Trinajstić information content (AvgIpc) is 2.17. The second kappa shape index (κ2) is 4.75. The number of benzene rings is 1. The zero-order valence-corrected chi connectivity index (χ0v) is 8.27. The molecule has 0 saturated heterocycles. The first kappa shape index (κ1) is 11.5. The molecule has 0 unspecified atom stereocenters. The second-order valence-corrected chi connectivity index (χ2v) is 3.32. The van der Waals surface area contributed by atoms with E-state index in [0.717, 1.165) is 0 Å². The third-order valence-electron chi connectivity index (χ3n) is 2.14. The van der Waals surface area contributed by atoms with Crippen LogP contribution < -0.4 is 11.1 Å². The molecule has 0 radical (unpaired) electrons. The van der Waals surface area contributed by atoms with Crippen LogP contribution in [-0.2, 0) is 0 Å². The van der Waals surface area contributed by atoms with E-state index in [-0.39, 0.29) is 5.82 Å². The highest BCUT2D eigenvalue weighted by Gasteiger charge is 2.16. The van der Waals surface area contributed by atoms with Gasteiger partial charge in [0.05, 0.1) is 0 Å². The number of amides is 1. The van der Waals surface area contributed by atoms with Gasteiger partial charge in [0.2, 0.25) is 0 Å². The van der Waals surface area contributed by atoms with Crippen molar-refractivity contribution in [3.05, 3.63) is 35.6 Å². The number of carbonyl (C=O) groups is 1. The summed E-state index contributed by atoms with van der Waals surface area (Å²) in [5.41, 5.74) is 6.48. The van der Waals surface area contributed by atoms with Crippen LogP contribution in [0.15, 0.2) is 24.3 Å². The van der Waals surface area contributed by atoms with E-state index >= 15 is 0 Å². The first-order valence-corrected chi connectivity index (χ1v) is 4.51. The summed E-state index contributed by atoms with van der Waals surface area (Å²) in [4.78, 5) is 10.4. The molecule has 0 bridgehead atoms. The smallest absolute Gasteiger partial charge is 0.404 e. The van der Waals surface area contributed by atoms with Crippen molar-refractivity contribution in [1.29, 1.82) is 0 Å². The lowest BCUT2D eigenvalue weighted by Crippen LogP contribution is -2.39. The van der Waals surface area contributed by atoms with E-state index in [1.165, 1.54) is 12.1 Å². The van der Waals surface area contributed by atoms with Crippen molar-refractivity contribution in [2.75, 3.05) is 0 Å². The van der Waals surface area contributed by atoms with Crippen LogP contribution in [0.5, 0.6) is 0 Å². The highest BCUT2D eigenvalue weighted by molar-refractivity contribution is 5.64. The Morgan fingerprint density at radius 2 is 2.00 bits per heavy atom. The molecule has 0 spiro atoms. The van der Waals surface area contributed by atoms with Gasteiger partial charge in [-0.05, 0) is 24.6 Å². The van der Waals surface area contributed by atoms with Crippen LogP contribution in [0.4, 0.5) is 9.18 Å². The minimum absolute atomic E-state index is 0.343. The number of hydrogen-bond acceptors (Lipinski definition) is 2. The van der Waals surface area contributed by atoms with E-state index in [4.69, 9.17) is 10.8 Å². The molecular weight excluding hydrogens is 199 g/mol. The Bertz CT molecular complexity index is 340. The molecule has 2 atom stereocenters. The normalized spacial score (nSPS) is 14.3. The maximum absolute atomic E-state index is 12.6. The quantitative estimate of drug-likeness (QED) is 0.710. The van der Waals surface area contributed by atoms with Gasteiger partial charge in [0.25, 0.3) is 0 Å². The SMILES string of the molecule is C[C@H](NC(=O)O)[C@@H](N)c1ccc(F)cc1. The summed E-state index contributed by atoms with van der Waals surface area (Å²) in [5, 5.41) is 10.8. The number of nitrogens with two attached hydrogens (primary N) is 1. The summed E-state index contributed by atoms with van der Waals surface area (Å²) in [6.07, 6.45) is -1.12. The van der Waals surface area contributed by atoms with Gasteiger partial charge < -0.3 is 16.2 Å². The average molecular weight is 212 g/mol. The standard InChI is InChI=1S/C10H13FN2O2/c1-6(13-10(14)15)9(12)7-2-4-8(11)5-3-7/h2-6,9,13H,12H2,1H3,(H,14,15)/t6-,9+/m0/s1. The van der Waals surface area contributed by atoms with Crippen molar-refractivity contribution >= 4 is 6.09 Å². The predicted molar refractivity (Wildman–Crippen MR) is 54.0 cm³/mol. The summed E-state index contributed by atoms with van der Waals surface area (Å²) in [7, 11) is 0. The minimum atomic E-state index is -1.12. The fourth-order valence-corrected chi connectivity index (χ4v) is 1.26. The molecule has 0 saturated carbocycles. The Hall–Kier alpha value is -1.62. The molecule has 4 nitrogen and oxygen atoms in total. The molecular formula is C10H13FN2O2. The van der Waals surface area contributed by atoms with Crippen LogP contribution in [0, 0.1) is 5.82 Å². The minimum Gasteiger partial charge on any atom is -0.465 e. The lowest BCUT2D eigenvalue weighted by atomic mass is 10.0. The molecule has 0 aliphatic rings. The Morgan fingerprint density at radius 1 is 1.47 bits per heavy atom. The fourth-order valence-electron chi connectivity index (χ4n) is 1.26. The Balaban J connectivity index is 2.71. The number of carboxylic acid groups (broad SMARTS) is 1. The molecule has 15 heavy (non-hydrogen) atoms. The third kappa shape index (κ3) is 3.21. The largest absolute Gasteiger partial charge is 0.465 e. The number of rotatable bonds is 3. The number of halogens is 1. The third-order valence-corrected chi connectivity index (χ3v) is 2.14. The van der Waals surface area contributed by atoms with Crippen LogP contribution in [0.2, 0.25) is 0 Å². The topological polar surface area (TPSA) is 75.3 Å². The summed E-state index contributed by atoms with van der Waals surface area (Å²) in [5.74, 6) is -0.343. The van der Waals surface area contributed by atoms with Gasteiger partial charge >= 0.3 is 6.09 Å². The molecule has 5 heteroatoms. The zero-order chi connectivity index (χ0) is 11.4. The monoisotopic (exact) mass is 212 g/mol. The van der Waals surface area contributed by atoms with Gasteiger partial charge in [0.1, 0.15) is 5.82 Å². The molecule has 0 aromatic heterocycles. The summed E-state index contributed by atoms with van der Waals surface area (Å²) in [6.45, 7) is 1.65. The fraction of sp³-hybridized carbons (Fsp3) is 0.300. The highest BCUT2D eigenvalue weighted by atomic mass is 19.1. The van der Waals surface area contributed by atoms with Gasteiger partial charge in [0.15, 0.2) is 0 Å². The molecule has 4 N–H and O–H groups in total. The lowest BCUT2D eigenvalue weighted by molar-refractivity contribution is 0.189. The van der Waals surface area contributed by atoms with Crippen molar-refractivity contribution in [3.63, 3.8) is 0 Å². The van der Waals surface area contributed by atoms with Gasteiger partial charge in [0, 0.05) is 12.1 Å². The molecule has 1 aromatic rings. The number of nitrogens with one attached hydrogen (secondary N) is 1. The van der Waals surface area contributed by atoms with Crippen molar-refractivity contribution in [2.45, 2.75) is 19.0 Å². The van der Waals surface area contributed by atoms with Gasteiger partial charge in [-0.1, -0.05) is 12.1 Å². The zero-order valence-electron chi connectivity index (χ0n) is 8.27. The van der Waals surface area contributed by atoms with E-state index in [1.54, 1.807) is 19.1 Å². The summed E-state index contributed by atoms with van der Waals surface area (Å²) in [6, 6.07) is 4.76. The van der Waals surface area contributed by atoms with E-state index in [2.05, 4.69) is 5.32 Å². The molecule has 0 aliphatic carbocycles. The van der Waals surface area contributed by atoms with Crippen molar-refractivity contribution < 1.29 is 14.3 Å². The maximum Gasteiger partial charge on any atom is 0.404 e. The molecule has 0 fully saturated rings. The molecule has 82 valence electrons. The van der Waals surface area contributed by atoms with Gasteiger partial charge in [-0.25, -0.2) is 9.18 Å². The van der Waals surface area contributed by atoms with E-state index in [1.807, 2.05) is 0 Å². The van der Waals surface area contributed by atoms with E-state index in [0.29, 0.717) is 5.56 Å². The molecule has 1 amide bonds. The van der Waals surface area contributed by atoms with E-state index < -0.39 is 18.2 Å². The van der Waals surface area contributed by atoms with Gasteiger partial charge in [-0.3, -0.25) is 0 Å². The summed E-state index contributed by atoms with van der Waals surface area (Å²) >= 11 is 0. The van der Waals surface area contributed by atoms with Crippen molar-refractivity contribution in [2.24, 2.45) is 5.73 Å². The van der Waals surface area contributed by atoms with Crippen molar-refractivity contribution in [1.82, 2.24) is 5.32 Å². The van der Waals surface area contributed by atoms with Gasteiger partial charge in [-0.15, -0.1) is 0 Å². The first-order chi connectivity index (χ1) is 7.00. The predicted octanol–water partition coefficient (Wildman–Crippen LogP) is 1.48. The lowest BCUT2D eigenvalue weighted by Gasteiger charge is -2.19. The van der Waals surface area contributed by atoms with Crippen LogP contribution in [0.1, 0.15) is 18.5 Å². The Labute approximate surface area is 86.9 Å². The van der Waals surface area contributed by atoms with Crippen LogP contribution in [-0.4, -0.2) is 17.2 Å². The van der Waals surface area contributed by atoms with Gasteiger partial charge in [-0.2, -0.15) is 0 Å². The molecule has 1 aromatic carbocycles. The number of hydrogen-bond donors (Lipinski definition) is 3. The Morgan fingerprint density at radius 3 is 2.47 bits per heavy atom. The van der Waals surface area contributed by atoms with Crippen LogP contribution in [0.25, 0.3) is 0 Å². The molecule has 0 heterocycles. The van der Waals surface area contributed by atoms with E-state index in [9.17, 15) is 9.18 Å². The Kier molecular flexibility index (Phi) is 3.62. The summed E-state index contributed by atoms with van der Waals surface area (Å²) < 4.78 is 12.6. The molecule has 0 aliphatic heterocycles. The van der Waals surface area contributed by atoms with Crippen molar-refractivity contribution in [3.8, 4) is 0 Å². The highest BCUT2D eigenvalue weighted by Crippen LogP contribution is 2.14. The van der Waals surface area contributed by atoms with Crippen LogP contribution in [0.3, 0.4) is 0 Å². The maximum atomic E-state index is 12.6.